The number of hydrogen-bond acceptors (Lipinski definition) is 6. The molecule has 1 saturated heterocycles. The second kappa shape index (κ2) is 7.55. The zero-order valence-electron chi connectivity index (χ0n) is 13.8. The number of ether oxygens (including phenoxy) is 3. The van der Waals surface area contributed by atoms with E-state index >= 15 is 0 Å². The largest absolute Gasteiger partial charge is 0.493 e. The van der Waals surface area contributed by atoms with Gasteiger partial charge in [0.25, 0.3) is 0 Å². The highest BCUT2D eigenvalue weighted by Gasteiger charge is 2.42. The average Bonchev–Trinajstić information content (AvgIpc) is 2.88. The fraction of sp³-hybridized carbons (Fsp3) is 0.316. The monoisotopic (exact) mass is 344 g/mol. The molecule has 3 rings (SSSR count). The number of aliphatic hydroxyl groups is 2. The summed E-state index contributed by atoms with van der Waals surface area (Å²) >= 11 is 0. The van der Waals surface area contributed by atoms with Crippen LogP contribution >= 0.6 is 0 Å². The van der Waals surface area contributed by atoms with Crippen LogP contribution in [-0.2, 0) is 22.6 Å². The van der Waals surface area contributed by atoms with Crippen molar-refractivity contribution in [3.8, 4) is 11.5 Å². The molecule has 3 atom stereocenters. The third-order valence-corrected chi connectivity index (χ3v) is 4.12. The van der Waals surface area contributed by atoms with Crippen LogP contribution in [0.5, 0.6) is 11.5 Å². The smallest absolute Gasteiger partial charge is 0.338 e. The van der Waals surface area contributed by atoms with Gasteiger partial charge in [0.2, 0.25) is 0 Å². The Morgan fingerprint density at radius 2 is 1.80 bits per heavy atom. The number of benzene rings is 2. The summed E-state index contributed by atoms with van der Waals surface area (Å²) in [5.41, 5.74) is 1.85. The first-order valence-corrected chi connectivity index (χ1v) is 7.98. The molecule has 2 N–H and O–H groups in total. The molecule has 6 nitrogen and oxygen atoms in total. The Morgan fingerprint density at radius 3 is 2.44 bits per heavy atom. The van der Waals surface area contributed by atoms with E-state index in [1.54, 1.807) is 19.2 Å². The van der Waals surface area contributed by atoms with Crippen LogP contribution < -0.4 is 9.47 Å². The maximum atomic E-state index is 11.3. The third-order valence-electron chi connectivity index (χ3n) is 4.12. The molecule has 1 aliphatic heterocycles. The van der Waals surface area contributed by atoms with E-state index in [9.17, 15) is 15.0 Å². The van der Waals surface area contributed by atoms with Crippen LogP contribution in [0.4, 0.5) is 0 Å². The van der Waals surface area contributed by atoms with Gasteiger partial charge in [0.05, 0.1) is 7.11 Å². The molecule has 0 saturated carbocycles. The van der Waals surface area contributed by atoms with Crippen molar-refractivity contribution in [1.29, 1.82) is 0 Å². The van der Waals surface area contributed by atoms with Crippen molar-refractivity contribution in [2.45, 2.75) is 31.3 Å². The Hall–Kier alpha value is -2.57. The van der Waals surface area contributed by atoms with Crippen LogP contribution in [-0.4, -0.2) is 41.6 Å². The molecule has 0 bridgehead atoms. The zero-order chi connectivity index (χ0) is 17.8. The maximum Gasteiger partial charge on any atom is 0.338 e. The van der Waals surface area contributed by atoms with Gasteiger partial charge >= 0.3 is 5.97 Å². The standard InChI is InChI=1S/C19H20O6/c1-23-15-9-13(10-16-17(20)18(21)19(22)25-16)7-8-14(15)24-11-12-5-3-2-4-6-12/h2-9,16-18,20-21H,10-11H2,1H3/t16-,17?,18?/m1/s1. The van der Waals surface area contributed by atoms with E-state index in [1.165, 1.54) is 0 Å². The van der Waals surface area contributed by atoms with Gasteiger partial charge in [-0.15, -0.1) is 0 Å². The summed E-state index contributed by atoms with van der Waals surface area (Å²) in [5.74, 6) is 0.346. The van der Waals surface area contributed by atoms with Crippen LogP contribution in [0.15, 0.2) is 48.5 Å². The Kier molecular flexibility index (Phi) is 5.21. The van der Waals surface area contributed by atoms with Crippen LogP contribution in [0.2, 0.25) is 0 Å². The molecule has 0 aliphatic carbocycles. The van der Waals surface area contributed by atoms with Crippen molar-refractivity contribution in [3.63, 3.8) is 0 Å². The van der Waals surface area contributed by atoms with Crippen molar-refractivity contribution in [3.05, 3.63) is 59.7 Å². The van der Waals surface area contributed by atoms with Gasteiger partial charge in [-0.25, -0.2) is 4.79 Å². The minimum absolute atomic E-state index is 0.277. The Balaban J connectivity index is 1.68. The molecule has 0 spiro atoms. The van der Waals surface area contributed by atoms with E-state index in [2.05, 4.69) is 0 Å². The first-order chi connectivity index (χ1) is 12.1. The number of esters is 1. The van der Waals surface area contributed by atoms with Gasteiger partial charge in [-0.05, 0) is 23.3 Å². The minimum Gasteiger partial charge on any atom is -0.493 e. The predicted molar refractivity (Wildman–Crippen MR) is 89.4 cm³/mol. The summed E-state index contributed by atoms with van der Waals surface area (Å²) in [4.78, 5) is 11.3. The molecular formula is C19H20O6. The minimum atomic E-state index is -1.49. The Labute approximate surface area is 145 Å². The maximum absolute atomic E-state index is 11.3. The van der Waals surface area contributed by atoms with Crippen LogP contribution in [0.25, 0.3) is 0 Å². The highest BCUT2D eigenvalue weighted by Crippen LogP contribution is 2.30. The quantitative estimate of drug-likeness (QED) is 0.772. The summed E-state index contributed by atoms with van der Waals surface area (Å²) < 4.78 is 16.1. The summed E-state index contributed by atoms with van der Waals surface area (Å²) in [6.45, 7) is 0.418. The lowest BCUT2D eigenvalue weighted by Gasteiger charge is -2.16. The van der Waals surface area contributed by atoms with Gasteiger partial charge in [-0.3, -0.25) is 0 Å². The fourth-order valence-electron chi connectivity index (χ4n) is 2.72. The lowest BCUT2D eigenvalue weighted by atomic mass is 10.0. The van der Waals surface area contributed by atoms with Gasteiger partial charge in [-0.2, -0.15) is 0 Å². The molecule has 0 amide bonds. The summed E-state index contributed by atoms with van der Waals surface area (Å²) in [7, 11) is 1.54. The predicted octanol–water partition coefficient (Wildman–Crippen LogP) is 1.46. The van der Waals surface area contributed by atoms with Crippen molar-refractivity contribution in [2.24, 2.45) is 0 Å². The molecule has 2 aromatic carbocycles. The molecule has 2 unspecified atom stereocenters. The molecule has 1 fully saturated rings. The first kappa shape index (κ1) is 17.3. The Bertz CT molecular complexity index is 730. The van der Waals surface area contributed by atoms with E-state index < -0.39 is 24.3 Å². The second-order valence-electron chi connectivity index (χ2n) is 5.87. The molecule has 2 aromatic rings. The van der Waals surface area contributed by atoms with Gasteiger partial charge in [0.1, 0.15) is 18.8 Å². The SMILES string of the molecule is COc1cc(C[C@H]2OC(=O)C(O)C2O)ccc1OCc1ccccc1. The van der Waals surface area contributed by atoms with Crippen LogP contribution in [0, 0.1) is 0 Å². The number of carbonyl (C=O) groups excluding carboxylic acids is 1. The molecule has 0 aromatic heterocycles. The van der Waals surface area contributed by atoms with E-state index in [1.807, 2.05) is 36.4 Å². The highest BCUT2D eigenvalue weighted by atomic mass is 16.6. The van der Waals surface area contributed by atoms with Gasteiger partial charge < -0.3 is 24.4 Å². The summed E-state index contributed by atoms with van der Waals surface area (Å²) in [6, 6.07) is 15.1. The topological polar surface area (TPSA) is 85.2 Å². The van der Waals surface area contributed by atoms with Gasteiger partial charge in [0.15, 0.2) is 17.6 Å². The van der Waals surface area contributed by atoms with Crippen LogP contribution in [0.1, 0.15) is 11.1 Å². The number of carbonyl (C=O) groups is 1. The zero-order valence-corrected chi connectivity index (χ0v) is 13.8. The molecule has 0 radical (unpaired) electrons. The number of cyclic esters (lactones) is 1. The third kappa shape index (κ3) is 3.92. The van der Waals surface area contributed by atoms with Crippen molar-refractivity contribution < 1.29 is 29.2 Å². The molecule has 1 aliphatic rings. The number of aliphatic hydroxyl groups excluding tert-OH is 2. The van der Waals surface area contributed by atoms with E-state index in [0.29, 0.717) is 18.1 Å². The number of hydrogen-bond donors (Lipinski definition) is 2. The number of rotatable bonds is 6. The summed E-state index contributed by atoms with van der Waals surface area (Å²) in [5, 5.41) is 19.3. The molecule has 6 heteroatoms. The van der Waals surface area contributed by atoms with Gasteiger partial charge in [-0.1, -0.05) is 36.4 Å². The molecule has 1 heterocycles. The van der Waals surface area contributed by atoms with Crippen molar-refractivity contribution >= 4 is 5.97 Å². The number of methoxy groups -OCH3 is 1. The van der Waals surface area contributed by atoms with E-state index in [4.69, 9.17) is 14.2 Å². The second-order valence-corrected chi connectivity index (χ2v) is 5.87. The lowest BCUT2D eigenvalue weighted by Crippen LogP contribution is -2.32. The molecular weight excluding hydrogens is 324 g/mol. The van der Waals surface area contributed by atoms with E-state index in [0.717, 1.165) is 11.1 Å². The molecule has 25 heavy (non-hydrogen) atoms. The van der Waals surface area contributed by atoms with E-state index in [-0.39, 0.29) is 6.42 Å². The summed E-state index contributed by atoms with van der Waals surface area (Å²) in [6.07, 6.45) is -3.21. The van der Waals surface area contributed by atoms with Crippen molar-refractivity contribution in [1.82, 2.24) is 0 Å². The Morgan fingerprint density at radius 1 is 1.04 bits per heavy atom. The fourth-order valence-corrected chi connectivity index (χ4v) is 2.72. The first-order valence-electron chi connectivity index (χ1n) is 7.98. The van der Waals surface area contributed by atoms with Gasteiger partial charge in [0, 0.05) is 6.42 Å². The average molecular weight is 344 g/mol. The highest BCUT2D eigenvalue weighted by molar-refractivity contribution is 5.77. The molecule has 132 valence electrons. The van der Waals surface area contributed by atoms with Crippen molar-refractivity contribution in [2.75, 3.05) is 7.11 Å². The van der Waals surface area contributed by atoms with Crippen LogP contribution in [0.3, 0.4) is 0 Å². The lowest BCUT2D eigenvalue weighted by molar-refractivity contribution is -0.147. The normalized spacial score (nSPS) is 22.5.